The van der Waals surface area contributed by atoms with E-state index < -0.39 is 14.0 Å². The molecule has 6 heteroatoms. The third-order valence-corrected chi connectivity index (χ3v) is 5.05. The van der Waals surface area contributed by atoms with Crippen LogP contribution in [0.1, 0.15) is 12.8 Å². The van der Waals surface area contributed by atoms with E-state index in [-0.39, 0.29) is 12.2 Å². The Hall–Kier alpha value is 1.12. The fourth-order valence-corrected chi connectivity index (χ4v) is 2.24. The first kappa shape index (κ1) is 11.2. The van der Waals surface area contributed by atoms with Crippen LogP contribution in [0.15, 0.2) is 0 Å². The molecule has 1 fully saturated rings. The van der Waals surface area contributed by atoms with Crippen molar-refractivity contribution in [3.63, 3.8) is 0 Å². The smallest absolute Gasteiger partial charge is 0.209 e. The molecule has 1 aliphatic rings. The molecule has 0 aromatic carbocycles. The number of hydrogen-bond acceptors (Lipinski definition) is 1. The maximum atomic E-state index is 11.2. The van der Waals surface area contributed by atoms with Gasteiger partial charge in [-0.05, 0) is 6.42 Å². The second kappa shape index (κ2) is 3.36. The number of hydrogen-bond donors (Lipinski definition) is 0. The number of rotatable bonds is 0. The molecule has 1 nitrogen and oxygen atoms in total. The molecule has 1 rings (SSSR count). The number of ketones is 1. The number of halogens is 5. The first-order chi connectivity index (χ1) is 5.30. The van der Waals surface area contributed by atoms with Crippen molar-refractivity contribution >= 4 is 63.8 Å². The van der Waals surface area contributed by atoms with Crippen molar-refractivity contribution in [1.82, 2.24) is 0 Å². The summed E-state index contributed by atoms with van der Waals surface area (Å²) in [5, 5.41) is -0.603. The molecule has 0 aromatic heterocycles. The quantitative estimate of drug-likeness (QED) is 0.617. The maximum absolute atomic E-state index is 11.2. The average molecular weight is 270 g/mol. The van der Waals surface area contributed by atoms with Gasteiger partial charge in [-0.1, -0.05) is 46.4 Å². The summed E-state index contributed by atoms with van der Waals surface area (Å²) in [7, 11) is 0. The summed E-state index contributed by atoms with van der Waals surface area (Å²) in [6.45, 7) is 0. The second-order valence-corrected chi connectivity index (χ2v) is 5.87. The predicted octanol–water partition coefficient (Wildman–Crippen LogP) is 3.30. The highest BCUT2D eigenvalue weighted by Gasteiger charge is 2.59. The lowest BCUT2D eigenvalue weighted by Crippen LogP contribution is -2.53. The van der Waals surface area contributed by atoms with Gasteiger partial charge in [-0.25, -0.2) is 0 Å². The van der Waals surface area contributed by atoms with E-state index in [4.69, 9.17) is 58.0 Å². The van der Waals surface area contributed by atoms with E-state index in [0.29, 0.717) is 6.42 Å². The topological polar surface area (TPSA) is 17.1 Å². The van der Waals surface area contributed by atoms with Crippen molar-refractivity contribution in [3.8, 4) is 0 Å². The SMILES string of the molecule is O=C1CCC(Cl)C(Cl)(Cl)C1(Cl)Cl. The molecule has 0 radical (unpaired) electrons. The molecule has 0 saturated heterocycles. The number of carbonyl (C=O) groups excluding carboxylic acids is 1. The minimum Gasteiger partial charge on any atom is -0.296 e. The highest BCUT2D eigenvalue weighted by atomic mass is 35.5. The van der Waals surface area contributed by atoms with E-state index in [1.807, 2.05) is 0 Å². The van der Waals surface area contributed by atoms with Gasteiger partial charge in [0.05, 0.1) is 5.38 Å². The van der Waals surface area contributed by atoms with Crippen LogP contribution in [0.2, 0.25) is 0 Å². The summed E-state index contributed by atoms with van der Waals surface area (Å²) >= 11 is 28.6. The van der Waals surface area contributed by atoms with Crippen LogP contribution in [0, 0.1) is 0 Å². The maximum Gasteiger partial charge on any atom is 0.209 e. The third kappa shape index (κ3) is 1.55. The molecule has 0 heterocycles. The van der Waals surface area contributed by atoms with Crippen LogP contribution in [0.25, 0.3) is 0 Å². The molecule has 0 N–H and O–H groups in total. The van der Waals surface area contributed by atoms with Crippen LogP contribution in [-0.2, 0) is 4.79 Å². The largest absolute Gasteiger partial charge is 0.296 e. The lowest BCUT2D eigenvalue weighted by Gasteiger charge is -2.38. The van der Waals surface area contributed by atoms with E-state index in [1.54, 1.807) is 0 Å². The predicted molar refractivity (Wildman–Crippen MR) is 52.8 cm³/mol. The molecule has 0 aliphatic heterocycles. The van der Waals surface area contributed by atoms with Crippen LogP contribution in [0.4, 0.5) is 0 Å². The Morgan fingerprint density at radius 2 is 1.75 bits per heavy atom. The lowest BCUT2D eigenvalue weighted by atomic mass is 9.96. The molecule has 0 amide bonds. The van der Waals surface area contributed by atoms with E-state index in [2.05, 4.69) is 0 Å². The molecule has 1 saturated carbocycles. The zero-order valence-electron chi connectivity index (χ0n) is 5.79. The van der Waals surface area contributed by atoms with Gasteiger partial charge in [-0.3, -0.25) is 4.79 Å². The Balaban J connectivity index is 3.00. The van der Waals surface area contributed by atoms with E-state index >= 15 is 0 Å². The minimum absolute atomic E-state index is 0.211. The van der Waals surface area contributed by atoms with Gasteiger partial charge in [0.2, 0.25) is 4.33 Å². The van der Waals surface area contributed by atoms with Crippen LogP contribution in [0.5, 0.6) is 0 Å². The van der Waals surface area contributed by atoms with Gasteiger partial charge in [-0.15, -0.1) is 11.6 Å². The molecule has 0 spiro atoms. The molecule has 70 valence electrons. The van der Waals surface area contributed by atoms with Gasteiger partial charge in [0.25, 0.3) is 0 Å². The average Bonchev–Trinajstić information content (AvgIpc) is 1.96. The Labute approximate surface area is 95.2 Å². The molecule has 12 heavy (non-hydrogen) atoms. The van der Waals surface area contributed by atoms with Crippen LogP contribution >= 0.6 is 58.0 Å². The van der Waals surface area contributed by atoms with Crippen molar-refractivity contribution in [1.29, 1.82) is 0 Å². The van der Waals surface area contributed by atoms with Gasteiger partial charge in [-0.2, -0.15) is 0 Å². The Morgan fingerprint density at radius 1 is 1.25 bits per heavy atom. The van der Waals surface area contributed by atoms with Crippen LogP contribution < -0.4 is 0 Å². The van der Waals surface area contributed by atoms with Crippen molar-refractivity contribution in [2.45, 2.75) is 26.9 Å². The van der Waals surface area contributed by atoms with Crippen LogP contribution in [0.3, 0.4) is 0 Å². The second-order valence-electron chi connectivity index (χ2n) is 2.63. The molecular weight excluding hydrogens is 265 g/mol. The minimum atomic E-state index is -1.79. The standard InChI is InChI=1S/C6H5Cl5O/c7-3-1-2-4(12)6(10,11)5(3,8)9/h3H,1-2H2. The summed E-state index contributed by atoms with van der Waals surface area (Å²) in [4.78, 5) is 11.2. The lowest BCUT2D eigenvalue weighted by molar-refractivity contribution is -0.121. The summed E-state index contributed by atoms with van der Waals surface area (Å²) < 4.78 is -3.40. The summed E-state index contributed by atoms with van der Waals surface area (Å²) in [6.07, 6.45) is 0.608. The Morgan fingerprint density at radius 3 is 2.17 bits per heavy atom. The first-order valence-electron chi connectivity index (χ1n) is 3.23. The van der Waals surface area contributed by atoms with Crippen molar-refractivity contribution < 1.29 is 4.79 Å². The number of Topliss-reactive ketones (excluding diaryl/α,β-unsaturated/α-hetero) is 1. The summed E-state index contributed by atoms with van der Waals surface area (Å²) in [5.74, 6) is -0.382. The normalized spacial score (nSPS) is 33.4. The Kier molecular flexibility index (Phi) is 3.13. The van der Waals surface area contributed by atoms with Crippen molar-refractivity contribution in [2.24, 2.45) is 0 Å². The van der Waals surface area contributed by atoms with Crippen LogP contribution in [-0.4, -0.2) is 19.8 Å². The number of carbonyl (C=O) groups is 1. The first-order valence-corrected chi connectivity index (χ1v) is 5.18. The van der Waals surface area contributed by atoms with Gasteiger partial charge in [0.15, 0.2) is 10.1 Å². The fraction of sp³-hybridized carbons (Fsp3) is 0.833. The highest BCUT2D eigenvalue weighted by Crippen LogP contribution is 2.52. The zero-order valence-corrected chi connectivity index (χ0v) is 9.57. The van der Waals surface area contributed by atoms with E-state index in [0.717, 1.165) is 0 Å². The Bertz CT molecular complexity index is 212. The molecule has 0 aromatic rings. The highest BCUT2D eigenvalue weighted by molar-refractivity contribution is 6.70. The molecular formula is C6H5Cl5O. The zero-order chi connectivity index (χ0) is 9.57. The molecule has 1 atom stereocenters. The number of alkyl halides is 5. The summed E-state index contributed by atoms with van der Waals surface area (Å²) in [6, 6.07) is 0. The van der Waals surface area contributed by atoms with Gasteiger partial charge >= 0.3 is 0 Å². The monoisotopic (exact) mass is 268 g/mol. The van der Waals surface area contributed by atoms with E-state index in [1.165, 1.54) is 0 Å². The third-order valence-electron chi connectivity index (χ3n) is 1.79. The van der Waals surface area contributed by atoms with Crippen molar-refractivity contribution in [2.75, 3.05) is 0 Å². The van der Waals surface area contributed by atoms with Gasteiger partial charge in [0, 0.05) is 6.42 Å². The molecule has 1 aliphatic carbocycles. The van der Waals surface area contributed by atoms with Crippen molar-refractivity contribution in [3.05, 3.63) is 0 Å². The fourth-order valence-electron chi connectivity index (χ4n) is 0.979. The van der Waals surface area contributed by atoms with E-state index in [9.17, 15) is 4.79 Å². The van der Waals surface area contributed by atoms with Gasteiger partial charge < -0.3 is 0 Å². The summed E-state index contributed by atoms with van der Waals surface area (Å²) in [5.41, 5.74) is 0. The molecule has 0 bridgehead atoms. The molecule has 1 unspecified atom stereocenters. The van der Waals surface area contributed by atoms with Gasteiger partial charge in [0.1, 0.15) is 0 Å².